The summed E-state index contributed by atoms with van der Waals surface area (Å²) in [4.78, 5) is 24.9. The van der Waals surface area contributed by atoms with Gasteiger partial charge in [0.2, 0.25) is 0 Å². The Bertz CT molecular complexity index is 617. The first-order valence-corrected chi connectivity index (χ1v) is 7.04. The minimum Gasteiger partial charge on any atom is -0.348 e. The largest absolute Gasteiger partial charge is 0.409 e. The maximum Gasteiger partial charge on any atom is 0.409 e. The molecule has 1 fully saturated rings. The standard InChI is InChI=1S/C15H14F3NO4/c1-14(22-6-7-23-14)8-11(15(16,17)18)19-12(20)9-4-2-3-5-10(9)13(19)21/h2-5,11H,6-8H2,1H3. The van der Waals surface area contributed by atoms with Crippen molar-refractivity contribution in [3.8, 4) is 0 Å². The molecule has 124 valence electrons. The lowest BCUT2D eigenvalue weighted by atomic mass is 10.1. The Morgan fingerprint density at radius 1 is 1.13 bits per heavy atom. The first-order chi connectivity index (χ1) is 10.7. The fourth-order valence-corrected chi connectivity index (χ4v) is 2.87. The van der Waals surface area contributed by atoms with E-state index in [1.165, 1.54) is 31.2 Å². The lowest BCUT2D eigenvalue weighted by Crippen LogP contribution is -2.52. The van der Waals surface area contributed by atoms with Crippen LogP contribution in [0.25, 0.3) is 0 Å². The molecule has 0 aliphatic carbocycles. The number of amides is 2. The monoisotopic (exact) mass is 329 g/mol. The van der Waals surface area contributed by atoms with E-state index in [2.05, 4.69) is 0 Å². The molecule has 1 atom stereocenters. The number of hydrogen-bond acceptors (Lipinski definition) is 4. The molecule has 0 bridgehead atoms. The molecule has 0 N–H and O–H groups in total. The second-order valence-electron chi connectivity index (χ2n) is 5.62. The molecule has 1 saturated heterocycles. The summed E-state index contributed by atoms with van der Waals surface area (Å²) in [5.74, 6) is -3.38. The topological polar surface area (TPSA) is 55.8 Å². The third-order valence-corrected chi connectivity index (χ3v) is 3.98. The molecule has 5 nitrogen and oxygen atoms in total. The zero-order valence-electron chi connectivity index (χ0n) is 12.2. The van der Waals surface area contributed by atoms with Crippen molar-refractivity contribution in [3.05, 3.63) is 35.4 Å². The van der Waals surface area contributed by atoms with Crippen molar-refractivity contribution in [2.75, 3.05) is 13.2 Å². The predicted octanol–water partition coefficient (Wildman–Crippen LogP) is 2.37. The second-order valence-corrected chi connectivity index (χ2v) is 5.62. The number of nitrogens with zero attached hydrogens (tertiary/aromatic N) is 1. The molecular formula is C15H14F3NO4. The number of fused-ring (bicyclic) bond motifs is 1. The fourth-order valence-electron chi connectivity index (χ4n) is 2.87. The molecule has 1 aromatic rings. The van der Waals surface area contributed by atoms with Gasteiger partial charge in [0, 0.05) is 6.42 Å². The Kier molecular flexibility index (Phi) is 3.68. The maximum absolute atomic E-state index is 13.5. The summed E-state index contributed by atoms with van der Waals surface area (Å²) in [7, 11) is 0. The van der Waals surface area contributed by atoms with Crippen LogP contribution in [0.5, 0.6) is 0 Å². The van der Waals surface area contributed by atoms with E-state index in [9.17, 15) is 22.8 Å². The molecular weight excluding hydrogens is 315 g/mol. The van der Waals surface area contributed by atoms with Crippen LogP contribution < -0.4 is 0 Å². The van der Waals surface area contributed by atoms with Crippen molar-refractivity contribution in [1.29, 1.82) is 0 Å². The molecule has 0 aromatic heterocycles. The van der Waals surface area contributed by atoms with E-state index in [1.54, 1.807) is 0 Å². The number of benzene rings is 1. The van der Waals surface area contributed by atoms with Crippen LogP contribution in [-0.4, -0.2) is 47.9 Å². The van der Waals surface area contributed by atoms with Gasteiger partial charge in [-0.2, -0.15) is 13.2 Å². The Balaban J connectivity index is 1.95. The molecule has 3 rings (SSSR count). The Morgan fingerprint density at radius 3 is 2.04 bits per heavy atom. The third kappa shape index (κ3) is 2.72. The zero-order valence-corrected chi connectivity index (χ0v) is 12.2. The van der Waals surface area contributed by atoms with Crippen molar-refractivity contribution in [2.45, 2.75) is 31.3 Å². The minimum atomic E-state index is -4.79. The first-order valence-electron chi connectivity index (χ1n) is 7.04. The number of carbonyl (C=O) groups is 2. The van der Waals surface area contributed by atoms with Crippen molar-refractivity contribution in [2.24, 2.45) is 0 Å². The average Bonchev–Trinajstić information content (AvgIpc) is 3.01. The minimum absolute atomic E-state index is 0.0230. The summed E-state index contributed by atoms with van der Waals surface area (Å²) in [6.45, 7) is 1.71. The zero-order chi connectivity index (χ0) is 16.8. The smallest absolute Gasteiger partial charge is 0.348 e. The molecule has 0 radical (unpaired) electrons. The summed E-state index contributed by atoms with van der Waals surface area (Å²) in [6.07, 6.45) is -5.45. The van der Waals surface area contributed by atoms with Crippen molar-refractivity contribution >= 4 is 11.8 Å². The van der Waals surface area contributed by atoms with E-state index in [1.807, 2.05) is 0 Å². The van der Waals surface area contributed by atoms with Gasteiger partial charge < -0.3 is 9.47 Å². The molecule has 2 aliphatic rings. The van der Waals surface area contributed by atoms with Gasteiger partial charge in [-0.3, -0.25) is 14.5 Å². The van der Waals surface area contributed by atoms with E-state index in [0.717, 1.165) is 0 Å². The fraction of sp³-hybridized carbons (Fsp3) is 0.467. The normalized spacial score (nSPS) is 21.7. The van der Waals surface area contributed by atoms with Crippen LogP contribution in [0.2, 0.25) is 0 Å². The van der Waals surface area contributed by atoms with Gasteiger partial charge in [0.05, 0.1) is 24.3 Å². The van der Waals surface area contributed by atoms with Gasteiger partial charge in [-0.25, -0.2) is 0 Å². The van der Waals surface area contributed by atoms with Gasteiger partial charge in [-0.05, 0) is 19.1 Å². The number of alkyl halides is 3. The molecule has 1 aromatic carbocycles. The van der Waals surface area contributed by atoms with Crippen molar-refractivity contribution in [1.82, 2.24) is 4.90 Å². The summed E-state index contributed by atoms with van der Waals surface area (Å²) in [6, 6.07) is 3.37. The second kappa shape index (κ2) is 5.31. The summed E-state index contributed by atoms with van der Waals surface area (Å²) < 4.78 is 50.9. The van der Waals surface area contributed by atoms with Gasteiger partial charge in [0.15, 0.2) is 5.79 Å². The molecule has 2 amide bonds. The van der Waals surface area contributed by atoms with Crippen LogP contribution in [0, 0.1) is 0 Å². The lowest BCUT2D eigenvalue weighted by Gasteiger charge is -2.33. The van der Waals surface area contributed by atoms with Gasteiger partial charge in [-0.1, -0.05) is 12.1 Å². The molecule has 2 heterocycles. The lowest BCUT2D eigenvalue weighted by molar-refractivity contribution is -0.214. The molecule has 23 heavy (non-hydrogen) atoms. The Labute approximate surface area is 130 Å². The number of ether oxygens (including phenoxy) is 2. The predicted molar refractivity (Wildman–Crippen MR) is 71.7 cm³/mol. The van der Waals surface area contributed by atoms with Crippen molar-refractivity contribution in [3.63, 3.8) is 0 Å². The van der Waals surface area contributed by atoms with Crippen LogP contribution >= 0.6 is 0 Å². The number of carbonyl (C=O) groups excluding carboxylic acids is 2. The van der Waals surface area contributed by atoms with E-state index in [-0.39, 0.29) is 29.2 Å². The van der Waals surface area contributed by atoms with Gasteiger partial charge in [0.1, 0.15) is 6.04 Å². The van der Waals surface area contributed by atoms with Crippen LogP contribution in [-0.2, 0) is 9.47 Å². The third-order valence-electron chi connectivity index (χ3n) is 3.98. The number of imide groups is 1. The molecule has 8 heteroatoms. The number of halogens is 3. The highest BCUT2D eigenvalue weighted by atomic mass is 19.4. The average molecular weight is 329 g/mol. The van der Waals surface area contributed by atoms with Crippen LogP contribution in [0.1, 0.15) is 34.1 Å². The van der Waals surface area contributed by atoms with Crippen molar-refractivity contribution < 1.29 is 32.2 Å². The molecule has 1 unspecified atom stereocenters. The Hall–Kier alpha value is -1.93. The van der Waals surface area contributed by atoms with Crippen LogP contribution in [0.3, 0.4) is 0 Å². The molecule has 0 saturated carbocycles. The SMILES string of the molecule is CC1(CC(N2C(=O)c3ccccc3C2=O)C(F)(F)F)OCCO1. The molecule has 2 aliphatic heterocycles. The van der Waals surface area contributed by atoms with E-state index < -0.39 is 36.2 Å². The van der Waals surface area contributed by atoms with Gasteiger partial charge in [-0.15, -0.1) is 0 Å². The van der Waals surface area contributed by atoms with E-state index in [4.69, 9.17) is 9.47 Å². The van der Waals surface area contributed by atoms with E-state index in [0.29, 0.717) is 0 Å². The highest BCUT2D eigenvalue weighted by molar-refractivity contribution is 6.21. The van der Waals surface area contributed by atoms with Gasteiger partial charge >= 0.3 is 6.18 Å². The maximum atomic E-state index is 13.5. The summed E-state index contributed by atoms with van der Waals surface area (Å²) in [5.41, 5.74) is -0.0460. The molecule has 0 spiro atoms. The Morgan fingerprint density at radius 2 is 1.61 bits per heavy atom. The van der Waals surface area contributed by atoms with Crippen LogP contribution in [0.15, 0.2) is 24.3 Å². The quantitative estimate of drug-likeness (QED) is 0.799. The summed E-state index contributed by atoms with van der Waals surface area (Å²) in [5, 5.41) is 0. The number of rotatable bonds is 3. The first kappa shape index (κ1) is 15.9. The summed E-state index contributed by atoms with van der Waals surface area (Å²) >= 11 is 0. The van der Waals surface area contributed by atoms with Gasteiger partial charge in [0.25, 0.3) is 11.8 Å². The number of hydrogen-bond donors (Lipinski definition) is 0. The highest BCUT2D eigenvalue weighted by Gasteiger charge is 2.54. The van der Waals surface area contributed by atoms with Crippen LogP contribution in [0.4, 0.5) is 13.2 Å². The highest BCUT2D eigenvalue weighted by Crippen LogP contribution is 2.38. The van der Waals surface area contributed by atoms with E-state index >= 15 is 0 Å².